The lowest BCUT2D eigenvalue weighted by molar-refractivity contribution is -0.142. The Morgan fingerprint density at radius 2 is 1.63 bits per heavy atom. The Hall–Kier alpha value is -4.18. The fourth-order valence-electron chi connectivity index (χ4n) is 3.63. The summed E-state index contributed by atoms with van der Waals surface area (Å²) < 4.78 is 43.8. The molecule has 35 heavy (non-hydrogen) atoms. The minimum atomic E-state index is -4.77. The largest absolute Gasteiger partial charge is 0.433 e. The van der Waals surface area contributed by atoms with Gasteiger partial charge in [-0.25, -0.2) is 14.2 Å². The Labute approximate surface area is 201 Å². The first kappa shape index (κ1) is 22.6. The summed E-state index contributed by atoms with van der Waals surface area (Å²) in [6.45, 7) is 1.75. The molecule has 0 atom stereocenters. The molecule has 2 aromatic carbocycles. The number of alkyl halides is 3. The molecular formula is C24H16ClF3N6O. The zero-order valence-electron chi connectivity index (χ0n) is 18.1. The Kier molecular flexibility index (Phi) is 5.52. The van der Waals surface area contributed by atoms with E-state index in [4.69, 9.17) is 11.6 Å². The summed E-state index contributed by atoms with van der Waals surface area (Å²) in [5.41, 5.74) is 0.0475. The van der Waals surface area contributed by atoms with Crippen LogP contribution in [0, 0.1) is 6.92 Å². The third-order valence-electron chi connectivity index (χ3n) is 5.18. The highest BCUT2D eigenvalue weighted by molar-refractivity contribution is 6.37. The number of para-hydroxylation sites is 1. The van der Waals surface area contributed by atoms with Gasteiger partial charge >= 0.3 is 6.18 Å². The highest BCUT2D eigenvalue weighted by Crippen LogP contribution is 2.34. The Morgan fingerprint density at radius 3 is 2.29 bits per heavy atom. The van der Waals surface area contributed by atoms with E-state index in [1.54, 1.807) is 55.5 Å². The predicted molar refractivity (Wildman–Crippen MR) is 125 cm³/mol. The van der Waals surface area contributed by atoms with E-state index in [0.29, 0.717) is 27.3 Å². The molecule has 176 valence electrons. The molecule has 7 nitrogen and oxygen atoms in total. The Morgan fingerprint density at radius 1 is 0.971 bits per heavy atom. The van der Waals surface area contributed by atoms with Crippen LogP contribution in [0.2, 0.25) is 5.02 Å². The fraction of sp³-hybridized carbons (Fsp3) is 0.0833. The van der Waals surface area contributed by atoms with Gasteiger partial charge in [0.2, 0.25) is 0 Å². The number of aromatic nitrogens is 5. The van der Waals surface area contributed by atoms with Crippen LogP contribution in [0.3, 0.4) is 0 Å². The SMILES string of the molecule is Cc1cc(NC(=O)c2nn3c(C(F)(F)F)cc(-c4ccccc4)nc3c2Cl)n(-c2ccccc2)n1. The quantitative estimate of drug-likeness (QED) is 0.340. The highest BCUT2D eigenvalue weighted by Gasteiger charge is 2.36. The van der Waals surface area contributed by atoms with Crippen LogP contribution in [0.4, 0.5) is 19.0 Å². The lowest BCUT2D eigenvalue weighted by Gasteiger charge is -2.11. The minimum Gasteiger partial charge on any atom is -0.305 e. The maximum atomic E-state index is 13.9. The number of nitrogens with one attached hydrogen (secondary N) is 1. The normalized spacial score (nSPS) is 11.7. The molecule has 0 aliphatic heterocycles. The molecule has 0 saturated heterocycles. The average Bonchev–Trinajstić information content (AvgIpc) is 3.38. The summed E-state index contributed by atoms with van der Waals surface area (Å²) in [5.74, 6) is -0.493. The molecule has 0 spiro atoms. The number of nitrogens with zero attached hydrogens (tertiary/aromatic N) is 5. The molecule has 0 fully saturated rings. The lowest BCUT2D eigenvalue weighted by Crippen LogP contribution is -2.17. The molecule has 0 bridgehead atoms. The summed E-state index contributed by atoms with van der Waals surface area (Å²) >= 11 is 6.37. The summed E-state index contributed by atoms with van der Waals surface area (Å²) in [6.07, 6.45) is -4.77. The van der Waals surface area contributed by atoms with E-state index < -0.39 is 23.5 Å². The van der Waals surface area contributed by atoms with Gasteiger partial charge in [-0.1, -0.05) is 60.1 Å². The smallest absolute Gasteiger partial charge is 0.305 e. The van der Waals surface area contributed by atoms with Crippen molar-refractivity contribution in [2.75, 3.05) is 5.32 Å². The lowest BCUT2D eigenvalue weighted by atomic mass is 10.1. The van der Waals surface area contributed by atoms with E-state index >= 15 is 0 Å². The highest BCUT2D eigenvalue weighted by atomic mass is 35.5. The van der Waals surface area contributed by atoms with Gasteiger partial charge < -0.3 is 5.32 Å². The number of halogens is 4. The molecule has 5 rings (SSSR count). The molecule has 1 amide bonds. The number of rotatable bonds is 4. The van der Waals surface area contributed by atoms with Crippen molar-refractivity contribution in [1.82, 2.24) is 24.4 Å². The van der Waals surface area contributed by atoms with E-state index in [0.717, 1.165) is 6.07 Å². The van der Waals surface area contributed by atoms with Gasteiger partial charge in [0, 0.05) is 11.6 Å². The van der Waals surface area contributed by atoms with Gasteiger partial charge in [0.15, 0.2) is 17.0 Å². The van der Waals surface area contributed by atoms with Crippen LogP contribution in [0.1, 0.15) is 21.9 Å². The van der Waals surface area contributed by atoms with Crippen LogP contribution in [-0.2, 0) is 6.18 Å². The molecule has 0 saturated carbocycles. The van der Waals surface area contributed by atoms with Crippen LogP contribution in [0.15, 0.2) is 72.8 Å². The molecule has 0 unspecified atom stereocenters. The third-order valence-corrected chi connectivity index (χ3v) is 5.53. The van der Waals surface area contributed by atoms with Gasteiger partial charge in [0.05, 0.1) is 17.1 Å². The van der Waals surface area contributed by atoms with Crippen LogP contribution in [0.25, 0.3) is 22.6 Å². The van der Waals surface area contributed by atoms with Crippen molar-refractivity contribution >= 4 is 29.0 Å². The van der Waals surface area contributed by atoms with Crippen molar-refractivity contribution < 1.29 is 18.0 Å². The molecule has 3 aromatic heterocycles. The van der Waals surface area contributed by atoms with Crippen LogP contribution < -0.4 is 5.32 Å². The van der Waals surface area contributed by atoms with Gasteiger partial charge in [-0.3, -0.25) is 4.79 Å². The third kappa shape index (κ3) is 4.24. The summed E-state index contributed by atoms with van der Waals surface area (Å²) in [5, 5.41) is 10.6. The van der Waals surface area contributed by atoms with E-state index in [9.17, 15) is 18.0 Å². The molecule has 0 aliphatic rings. The van der Waals surface area contributed by atoms with Crippen molar-refractivity contribution in [3.8, 4) is 16.9 Å². The van der Waals surface area contributed by atoms with E-state index in [-0.39, 0.29) is 16.4 Å². The van der Waals surface area contributed by atoms with Crippen LogP contribution >= 0.6 is 11.6 Å². The number of carbonyl (C=O) groups excluding carboxylic acids is 1. The first-order valence-corrected chi connectivity index (χ1v) is 10.8. The zero-order chi connectivity index (χ0) is 24.7. The van der Waals surface area contributed by atoms with Crippen molar-refractivity contribution in [1.29, 1.82) is 0 Å². The second-order valence-corrected chi connectivity index (χ2v) is 8.04. The number of benzene rings is 2. The second-order valence-electron chi connectivity index (χ2n) is 7.66. The van der Waals surface area contributed by atoms with Crippen molar-refractivity contribution in [2.24, 2.45) is 0 Å². The van der Waals surface area contributed by atoms with Crippen LogP contribution in [-0.4, -0.2) is 30.3 Å². The Balaban J connectivity index is 1.60. The van der Waals surface area contributed by atoms with Gasteiger partial charge in [0.25, 0.3) is 5.91 Å². The van der Waals surface area contributed by atoms with Gasteiger partial charge in [-0.2, -0.15) is 23.4 Å². The monoisotopic (exact) mass is 496 g/mol. The molecule has 0 radical (unpaired) electrons. The number of aryl methyl sites for hydroxylation is 1. The number of fused-ring (bicyclic) bond motifs is 1. The molecule has 3 heterocycles. The van der Waals surface area contributed by atoms with E-state index in [1.807, 2.05) is 18.2 Å². The molecule has 0 aliphatic carbocycles. The summed E-state index contributed by atoms with van der Waals surface area (Å²) in [7, 11) is 0. The maximum Gasteiger partial charge on any atom is 0.433 e. The van der Waals surface area contributed by atoms with Crippen LogP contribution in [0.5, 0.6) is 0 Å². The fourth-order valence-corrected chi connectivity index (χ4v) is 3.87. The first-order valence-electron chi connectivity index (χ1n) is 10.4. The van der Waals surface area contributed by atoms with Crippen molar-refractivity contribution in [3.63, 3.8) is 0 Å². The predicted octanol–water partition coefficient (Wildman–Crippen LogP) is 5.81. The van der Waals surface area contributed by atoms with Gasteiger partial charge in [0.1, 0.15) is 10.8 Å². The van der Waals surface area contributed by atoms with Gasteiger partial charge in [-0.15, -0.1) is 0 Å². The van der Waals surface area contributed by atoms with Gasteiger partial charge in [-0.05, 0) is 25.1 Å². The number of amides is 1. The van der Waals surface area contributed by atoms with Crippen molar-refractivity contribution in [2.45, 2.75) is 13.1 Å². The van der Waals surface area contributed by atoms with E-state index in [1.165, 1.54) is 4.68 Å². The number of anilines is 1. The maximum absolute atomic E-state index is 13.9. The Bertz CT molecular complexity index is 1540. The minimum absolute atomic E-state index is 0.0527. The first-order chi connectivity index (χ1) is 16.7. The standard InChI is InChI=1S/C24H16ClF3N6O/c1-14-12-19(33(31-14)16-10-6-3-7-11-16)30-23(35)21-20(25)22-29-17(15-8-4-2-5-9-15)13-18(24(26,27)28)34(22)32-21/h2-13H,1H3,(H,30,35). The number of hydrogen-bond donors (Lipinski definition) is 1. The van der Waals surface area contributed by atoms with Crippen molar-refractivity contribution in [3.05, 3.63) is 94.9 Å². The molecule has 5 aromatic rings. The summed E-state index contributed by atoms with van der Waals surface area (Å²) in [6, 6.07) is 19.9. The molecule has 11 heteroatoms. The van der Waals surface area contributed by atoms with E-state index in [2.05, 4.69) is 20.5 Å². The topological polar surface area (TPSA) is 77.1 Å². The molecular weight excluding hydrogens is 481 g/mol. The zero-order valence-corrected chi connectivity index (χ0v) is 18.8. The number of hydrogen-bond acceptors (Lipinski definition) is 4. The number of carbonyl (C=O) groups is 1. The summed E-state index contributed by atoms with van der Waals surface area (Å²) in [4.78, 5) is 17.4. The second kappa shape index (κ2) is 8.55. The molecule has 1 N–H and O–H groups in total. The average molecular weight is 497 g/mol.